The van der Waals surface area contributed by atoms with Gasteiger partial charge in [0.15, 0.2) is 0 Å². The van der Waals surface area contributed by atoms with E-state index in [1.54, 1.807) is 0 Å². The normalized spacial score (nSPS) is 14.8. The average Bonchev–Trinajstić information content (AvgIpc) is 3.68. The maximum absolute atomic E-state index is 13.1. The first-order chi connectivity index (χ1) is 17.7. The van der Waals surface area contributed by atoms with Gasteiger partial charge in [-0.3, -0.25) is 9.59 Å². The monoisotopic (exact) mass is 558 g/mol. The predicted octanol–water partition coefficient (Wildman–Crippen LogP) is 6.76. The second kappa shape index (κ2) is 9.82. The van der Waals surface area contributed by atoms with Crippen LogP contribution in [0.25, 0.3) is 10.9 Å². The zero-order chi connectivity index (χ0) is 26.3. The van der Waals surface area contributed by atoms with Crippen molar-refractivity contribution in [1.29, 1.82) is 0 Å². The van der Waals surface area contributed by atoms with E-state index in [1.807, 2.05) is 49.4 Å². The first-order valence-corrected chi connectivity index (χ1v) is 13.4. The molecule has 0 unspecified atom stereocenters. The fourth-order valence-electron chi connectivity index (χ4n) is 5.18. The van der Waals surface area contributed by atoms with Crippen LogP contribution < -0.4 is 5.32 Å². The topological polar surface area (TPSA) is 60.3 Å². The van der Waals surface area contributed by atoms with Gasteiger partial charge >= 0.3 is 5.97 Å². The average molecular weight is 560 g/mol. The second-order valence-electron chi connectivity index (χ2n) is 10.0. The molecular formula is C31H31BrN2O3. The molecule has 0 spiro atoms. The van der Waals surface area contributed by atoms with Crippen LogP contribution in [0.5, 0.6) is 0 Å². The van der Waals surface area contributed by atoms with Crippen LogP contribution in [0, 0.1) is 13.8 Å². The fraction of sp³-hybridized carbons (Fsp3) is 0.290. The van der Waals surface area contributed by atoms with Crippen LogP contribution in [-0.2, 0) is 21.5 Å². The van der Waals surface area contributed by atoms with E-state index in [4.69, 9.17) is 4.74 Å². The van der Waals surface area contributed by atoms with Crippen LogP contribution in [0.2, 0.25) is 0 Å². The van der Waals surface area contributed by atoms with Crippen LogP contribution in [-0.4, -0.2) is 23.6 Å². The van der Waals surface area contributed by atoms with Gasteiger partial charge in [0.05, 0.1) is 18.6 Å². The number of carbonyl (C=O) groups excluding carboxylic acids is 2. The molecule has 0 bridgehead atoms. The van der Waals surface area contributed by atoms with E-state index in [1.165, 1.54) is 18.4 Å². The predicted molar refractivity (Wildman–Crippen MR) is 150 cm³/mol. The molecule has 1 saturated carbocycles. The zero-order valence-electron chi connectivity index (χ0n) is 21.6. The zero-order valence-corrected chi connectivity index (χ0v) is 23.2. The number of benzene rings is 3. The van der Waals surface area contributed by atoms with Crippen LogP contribution in [0.3, 0.4) is 0 Å². The summed E-state index contributed by atoms with van der Waals surface area (Å²) in [5.41, 5.74) is 6.88. The van der Waals surface area contributed by atoms with Crippen LogP contribution >= 0.6 is 15.9 Å². The summed E-state index contributed by atoms with van der Waals surface area (Å²) in [5, 5.41) is 4.20. The Morgan fingerprint density at radius 1 is 1.05 bits per heavy atom. The second-order valence-corrected chi connectivity index (χ2v) is 11.0. The number of halogens is 1. The Kier molecular flexibility index (Phi) is 6.71. The van der Waals surface area contributed by atoms with Crippen molar-refractivity contribution in [1.82, 2.24) is 9.88 Å². The number of methoxy groups -OCH3 is 1. The highest BCUT2D eigenvalue weighted by atomic mass is 79.9. The van der Waals surface area contributed by atoms with Crippen molar-refractivity contribution in [3.63, 3.8) is 0 Å². The number of esters is 1. The largest absolute Gasteiger partial charge is 0.468 e. The molecule has 37 heavy (non-hydrogen) atoms. The molecule has 0 radical (unpaired) electrons. The molecule has 1 aromatic heterocycles. The molecule has 5 rings (SSSR count). The number of rotatable bonds is 7. The molecule has 4 aromatic rings. The van der Waals surface area contributed by atoms with Crippen molar-refractivity contribution < 1.29 is 14.3 Å². The lowest BCUT2D eigenvalue weighted by Gasteiger charge is -2.15. The minimum absolute atomic E-state index is 0.0885. The standard InChI is InChI=1S/C31H31BrN2O3/c1-19-21(3)34(18-22-8-11-25(12-9-22)31(14-15-31)30(36)37-4)28-13-10-24(17-27(19)28)29(35)33-20(2)23-6-5-7-26(32)16-23/h5-13,16-17,20H,14-15,18H2,1-4H3,(H,33,35)/t20-/m0/s1. The molecule has 190 valence electrons. The minimum Gasteiger partial charge on any atom is -0.468 e. The molecule has 1 aliphatic carbocycles. The number of nitrogens with zero attached hydrogens (tertiary/aromatic N) is 1. The number of carbonyl (C=O) groups is 2. The summed E-state index contributed by atoms with van der Waals surface area (Å²) in [6.45, 7) is 6.93. The van der Waals surface area contributed by atoms with Crippen molar-refractivity contribution in [2.24, 2.45) is 0 Å². The molecular weight excluding hydrogens is 528 g/mol. The Labute approximate surface area is 226 Å². The summed E-state index contributed by atoms with van der Waals surface area (Å²) in [6, 6.07) is 22.1. The number of nitrogens with one attached hydrogen (secondary N) is 1. The van der Waals surface area contributed by atoms with E-state index in [0.29, 0.717) is 12.1 Å². The van der Waals surface area contributed by atoms with Gasteiger partial charge in [0.25, 0.3) is 5.91 Å². The van der Waals surface area contributed by atoms with Gasteiger partial charge in [0.2, 0.25) is 0 Å². The van der Waals surface area contributed by atoms with E-state index in [2.05, 4.69) is 63.9 Å². The smallest absolute Gasteiger partial charge is 0.316 e. The first kappa shape index (κ1) is 25.3. The highest BCUT2D eigenvalue weighted by molar-refractivity contribution is 9.10. The molecule has 6 heteroatoms. The summed E-state index contributed by atoms with van der Waals surface area (Å²) < 4.78 is 8.31. The molecule has 0 aliphatic heterocycles. The Morgan fingerprint density at radius 3 is 2.43 bits per heavy atom. The van der Waals surface area contributed by atoms with E-state index in [-0.39, 0.29) is 17.9 Å². The molecule has 5 nitrogen and oxygen atoms in total. The summed E-state index contributed by atoms with van der Waals surface area (Å²) in [5.74, 6) is -0.233. The van der Waals surface area contributed by atoms with Crippen molar-refractivity contribution in [2.45, 2.75) is 51.6 Å². The number of ether oxygens (including phenoxy) is 1. The molecule has 1 N–H and O–H groups in total. The van der Waals surface area contributed by atoms with Gasteiger partial charge in [0.1, 0.15) is 0 Å². The summed E-state index contributed by atoms with van der Waals surface area (Å²) in [4.78, 5) is 25.3. The number of hydrogen-bond donors (Lipinski definition) is 1. The lowest BCUT2D eigenvalue weighted by atomic mass is 9.95. The molecule has 1 aliphatic rings. The number of amides is 1. The summed E-state index contributed by atoms with van der Waals surface area (Å²) in [6.07, 6.45) is 1.69. The Balaban J connectivity index is 1.37. The fourth-order valence-corrected chi connectivity index (χ4v) is 5.59. The summed E-state index contributed by atoms with van der Waals surface area (Å²) in [7, 11) is 1.46. The minimum atomic E-state index is -0.453. The summed E-state index contributed by atoms with van der Waals surface area (Å²) >= 11 is 3.50. The maximum atomic E-state index is 13.1. The Morgan fingerprint density at radius 2 is 1.78 bits per heavy atom. The SMILES string of the molecule is COC(=O)C1(c2ccc(Cn3c(C)c(C)c4cc(C(=O)N[C@@H](C)c5cccc(Br)c5)ccc43)cc2)CC1. The van der Waals surface area contributed by atoms with E-state index in [9.17, 15) is 9.59 Å². The number of hydrogen-bond acceptors (Lipinski definition) is 3. The van der Waals surface area contributed by atoms with Crippen molar-refractivity contribution in [3.8, 4) is 0 Å². The number of fused-ring (bicyclic) bond motifs is 1. The van der Waals surface area contributed by atoms with Gasteiger partial charge in [0, 0.05) is 33.2 Å². The third kappa shape index (κ3) is 4.71. The van der Waals surface area contributed by atoms with Crippen LogP contribution in [0.1, 0.15) is 64.1 Å². The quantitative estimate of drug-likeness (QED) is 0.255. The maximum Gasteiger partial charge on any atom is 0.316 e. The lowest BCUT2D eigenvalue weighted by molar-refractivity contribution is -0.143. The van der Waals surface area contributed by atoms with Crippen LogP contribution in [0.15, 0.2) is 71.2 Å². The number of aryl methyl sites for hydroxylation is 1. The lowest BCUT2D eigenvalue weighted by Crippen LogP contribution is -2.26. The molecule has 1 fully saturated rings. The van der Waals surface area contributed by atoms with E-state index < -0.39 is 5.41 Å². The third-order valence-electron chi connectivity index (χ3n) is 7.77. The first-order valence-electron chi connectivity index (χ1n) is 12.6. The van der Waals surface area contributed by atoms with Gasteiger partial charge in [-0.1, -0.05) is 52.3 Å². The third-order valence-corrected chi connectivity index (χ3v) is 8.26. The highest BCUT2D eigenvalue weighted by Crippen LogP contribution is 2.49. The van der Waals surface area contributed by atoms with Gasteiger partial charge in [-0.25, -0.2) is 0 Å². The molecule has 3 aromatic carbocycles. The molecule has 1 amide bonds. The van der Waals surface area contributed by atoms with Gasteiger partial charge in [-0.05, 0) is 86.2 Å². The van der Waals surface area contributed by atoms with Gasteiger partial charge < -0.3 is 14.6 Å². The Bertz CT molecular complexity index is 1500. The molecule has 1 heterocycles. The molecule has 0 saturated heterocycles. The van der Waals surface area contributed by atoms with Crippen molar-refractivity contribution in [3.05, 3.63) is 105 Å². The molecule has 1 atom stereocenters. The van der Waals surface area contributed by atoms with Gasteiger partial charge in [-0.2, -0.15) is 0 Å². The van der Waals surface area contributed by atoms with Crippen LogP contribution in [0.4, 0.5) is 0 Å². The highest BCUT2D eigenvalue weighted by Gasteiger charge is 2.52. The van der Waals surface area contributed by atoms with Crippen molar-refractivity contribution >= 4 is 38.7 Å². The van der Waals surface area contributed by atoms with E-state index >= 15 is 0 Å². The number of aromatic nitrogens is 1. The van der Waals surface area contributed by atoms with E-state index in [0.717, 1.165) is 44.9 Å². The van der Waals surface area contributed by atoms with Gasteiger partial charge in [-0.15, -0.1) is 0 Å². The Hall–Kier alpha value is -3.38. The van der Waals surface area contributed by atoms with Crippen molar-refractivity contribution in [2.75, 3.05) is 7.11 Å².